The minimum absolute atomic E-state index is 0.0585. The summed E-state index contributed by atoms with van der Waals surface area (Å²) in [6.45, 7) is 6.33. The van der Waals surface area contributed by atoms with E-state index in [1.807, 2.05) is 13.8 Å². The number of aromatic nitrogens is 2. The summed E-state index contributed by atoms with van der Waals surface area (Å²) in [5, 5.41) is 16.1. The molecule has 21 heavy (non-hydrogen) atoms. The van der Waals surface area contributed by atoms with Crippen molar-refractivity contribution >= 4 is 11.7 Å². The molecule has 1 saturated heterocycles. The van der Waals surface area contributed by atoms with Crippen molar-refractivity contribution in [3.8, 4) is 0 Å². The number of piperazine rings is 1. The molecule has 0 radical (unpaired) electrons. The van der Waals surface area contributed by atoms with Gasteiger partial charge in [-0.1, -0.05) is 5.16 Å². The van der Waals surface area contributed by atoms with E-state index in [1.54, 1.807) is 28.9 Å². The van der Waals surface area contributed by atoms with Gasteiger partial charge < -0.3 is 15.8 Å². The first-order valence-electron chi connectivity index (χ1n) is 6.88. The van der Waals surface area contributed by atoms with E-state index in [0.717, 1.165) is 0 Å². The number of nitrogens with two attached hydrogens (primary N) is 1. The number of nitrogens with zero attached hydrogens (tertiary/aromatic N) is 5. The number of aryl methyl sites for hydroxylation is 1. The fourth-order valence-electron chi connectivity index (χ4n) is 2.44. The average molecular weight is 294 g/mol. The molecule has 1 amide bonds. The minimum Gasteiger partial charge on any atom is -0.409 e. The highest BCUT2D eigenvalue weighted by Gasteiger charge is 2.35. The standard InChI is InChI=1S/C13H22N6O2/c1-13(2,12(14)16-21)19-8-6-18(7-9-19)11(20)10-4-5-17(3)15-10/h4-5,21H,6-9H2,1-3H3,(H2,14,16). The Bertz CT molecular complexity index is 543. The lowest BCUT2D eigenvalue weighted by Gasteiger charge is -2.43. The Labute approximate surface area is 123 Å². The van der Waals surface area contributed by atoms with Gasteiger partial charge in [-0.2, -0.15) is 5.10 Å². The maximum atomic E-state index is 12.3. The Morgan fingerprint density at radius 1 is 1.38 bits per heavy atom. The van der Waals surface area contributed by atoms with Gasteiger partial charge in [-0.3, -0.25) is 14.4 Å². The highest BCUT2D eigenvalue weighted by molar-refractivity contribution is 5.92. The smallest absolute Gasteiger partial charge is 0.274 e. The van der Waals surface area contributed by atoms with Crippen LogP contribution in [0.3, 0.4) is 0 Å². The third-order valence-electron chi connectivity index (χ3n) is 4.02. The Balaban J connectivity index is 1.99. The van der Waals surface area contributed by atoms with Crippen LogP contribution in [0.4, 0.5) is 0 Å². The van der Waals surface area contributed by atoms with E-state index in [1.165, 1.54) is 0 Å². The van der Waals surface area contributed by atoms with Gasteiger partial charge in [0.25, 0.3) is 5.91 Å². The van der Waals surface area contributed by atoms with Crippen LogP contribution in [0.25, 0.3) is 0 Å². The molecular formula is C13H22N6O2. The molecule has 0 aliphatic carbocycles. The predicted molar refractivity (Wildman–Crippen MR) is 78.2 cm³/mol. The molecule has 0 bridgehead atoms. The Morgan fingerprint density at radius 2 is 2.00 bits per heavy atom. The van der Waals surface area contributed by atoms with Crippen molar-refractivity contribution in [3.05, 3.63) is 18.0 Å². The number of rotatable bonds is 3. The van der Waals surface area contributed by atoms with E-state index >= 15 is 0 Å². The fourth-order valence-corrected chi connectivity index (χ4v) is 2.44. The van der Waals surface area contributed by atoms with Gasteiger partial charge in [0, 0.05) is 39.4 Å². The van der Waals surface area contributed by atoms with E-state index < -0.39 is 5.54 Å². The molecule has 8 heteroatoms. The topological polar surface area (TPSA) is 100.0 Å². The van der Waals surface area contributed by atoms with E-state index in [2.05, 4.69) is 15.2 Å². The largest absolute Gasteiger partial charge is 0.409 e. The second-order valence-electron chi connectivity index (χ2n) is 5.70. The lowest BCUT2D eigenvalue weighted by Crippen LogP contribution is -2.60. The van der Waals surface area contributed by atoms with Crippen LogP contribution in [0.5, 0.6) is 0 Å². The first kappa shape index (κ1) is 15.3. The molecule has 0 saturated carbocycles. The zero-order valence-corrected chi connectivity index (χ0v) is 12.7. The summed E-state index contributed by atoms with van der Waals surface area (Å²) in [6.07, 6.45) is 1.75. The van der Waals surface area contributed by atoms with Gasteiger partial charge in [0.1, 0.15) is 5.69 Å². The highest BCUT2D eigenvalue weighted by Crippen LogP contribution is 2.18. The van der Waals surface area contributed by atoms with Crippen molar-refractivity contribution in [3.63, 3.8) is 0 Å². The molecular weight excluding hydrogens is 272 g/mol. The number of amidine groups is 1. The molecule has 2 rings (SSSR count). The quantitative estimate of drug-likeness (QED) is 0.345. The minimum atomic E-state index is -0.533. The average Bonchev–Trinajstić information content (AvgIpc) is 2.92. The molecule has 0 unspecified atom stereocenters. The van der Waals surface area contributed by atoms with Gasteiger partial charge in [0.2, 0.25) is 0 Å². The van der Waals surface area contributed by atoms with Gasteiger partial charge in [0.05, 0.1) is 5.54 Å². The highest BCUT2D eigenvalue weighted by atomic mass is 16.4. The zero-order valence-electron chi connectivity index (χ0n) is 12.7. The summed E-state index contributed by atoms with van der Waals surface area (Å²) in [6, 6.07) is 1.72. The van der Waals surface area contributed by atoms with Crippen molar-refractivity contribution < 1.29 is 10.0 Å². The van der Waals surface area contributed by atoms with Crippen LogP contribution in [0.15, 0.2) is 17.4 Å². The van der Waals surface area contributed by atoms with Crippen molar-refractivity contribution in [2.45, 2.75) is 19.4 Å². The van der Waals surface area contributed by atoms with Crippen molar-refractivity contribution in [1.29, 1.82) is 0 Å². The monoisotopic (exact) mass is 294 g/mol. The number of amides is 1. The number of carbonyl (C=O) groups excluding carboxylic acids is 1. The maximum Gasteiger partial charge on any atom is 0.274 e. The van der Waals surface area contributed by atoms with Crippen LogP contribution in [0, 0.1) is 0 Å². The Hall–Kier alpha value is -2.09. The van der Waals surface area contributed by atoms with Gasteiger partial charge in [-0.15, -0.1) is 0 Å². The lowest BCUT2D eigenvalue weighted by molar-refractivity contribution is 0.0526. The summed E-state index contributed by atoms with van der Waals surface area (Å²) in [7, 11) is 1.79. The third kappa shape index (κ3) is 2.99. The van der Waals surface area contributed by atoms with Crippen LogP contribution in [-0.4, -0.2) is 68.2 Å². The van der Waals surface area contributed by atoms with Crippen LogP contribution in [0.1, 0.15) is 24.3 Å². The van der Waals surface area contributed by atoms with Crippen LogP contribution in [0.2, 0.25) is 0 Å². The molecule has 8 nitrogen and oxygen atoms in total. The molecule has 1 aromatic rings. The Kier molecular flexibility index (Phi) is 4.17. The van der Waals surface area contributed by atoms with E-state index in [9.17, 15) is 4.79 Å². The number of hydrogen-bond donors (Lipinski definition) is 2. The molecule has 1 aliphatic heterocycles. The first-order chi connectivity index (χ1) is 9.86. The number of oxime groups is 1. The first-order valence-corrected chi connectivity index (χ1v) is 6.88. The van der Waals surface area contributed by atoms with Gasteiger partial charge in [0.15, 0.2) is 5.84 Å². The molecule has 116 valence electrons. The van der Waals surface area contributed by atoms with E-state index in [-0.39, 0.29) is 11.7 Å². The second-order valence-corrected chi connectivity index (χ2v) is 5.70. The SMILES string of the molecule is Cn1ccc(C(=O)N2CCN(C(C)(C)/C(N)=N/O)CC2)n1. The van der Waals surface area contributed by atoms with Crippen molar-refractivity contribution in [2.24, 2.45) is 17.9 Å². The summed E-state index contributed by atoms with van der Waals surface area (Å²) < 4.78 is 1.62. The molecule has 1 aliphatic rings. The normalized spacial score (nSPS) is 18.0. The molecule has 1 fully saturated rings. The summed E-state index contributed by atoms with van der Waals surface area (Å²) in [5.41, 5.74) is 5.66. The van der Waals surface area contributed by atoms with E-state index in [0.29, 0.717) is 31.9 Å². The summed E-state index contributed by atoms with van der Waals surface area (Å²) >= 11 is 0. The summed E-state index contributed by atoms with van der Waals surface area (Å²) in [4.78, 5) is 16.2. The molecule has 3 N–H and O–H groups in total. The number of hydrogen-bond acceptors (Lipinski definition) is 5. The van der Waals surface area contributed by atoms with Crippen LogP contribution < -0.4 is 5.73 Å². The molecule has 0 atom stereocenters. The lowest BCUT2D eigenvalue weighted by atomic mass is 10.00. The molecule has 2 heterocycles. The molecule has 1 aromatic heterocycles. The maximum absolute atomic E-state index is 12.3. The van der Waals surface area contributed by atoms with Crippen molar-refractivity contribution in [2.75, 3.05) is 26.2 Å². The van der Waals surface area contributed by atoms with Gasteiger partial charge in [-0.05, 0) is 19.9 Å². The summed E-state index contributed by atoms with van der Waals surface area (Å²) in [5.74, 6) is 0.115. The van der Waals surface area contributed by atoms with Gasteiger partial charge in [-0.25, -0.2) is 0 Å². The van der Waals surface area contributed by atoms with Crippen LogP contribution >= 0.6 is 0 Å². The Morgan fingerprint density at radius 3 is 2.48 bits per heavy atom. The van der Waals surface area contributed by atoms with E-state index in [4.69, 9.17) is 10.9 Å². The van der Waals surface area contributed by atoms with Crippen molar-refractivity contribution in [1.82, 2.24) is 19.6 Å². The molecule has 0 aromatic carbocycles. The zero-order chi connectivity index (χ0) is 15.6. The molecule has 0 spiro atoms. The number of carbonyl (C=O) groups is 1. The van der Waals surface area contributed by atoms with Gasteiger partial charge >= 0.3 is 0 Å². The third-order valence-corrected chi connectivity index (χ3v) is 4.02. The fraction of sp³-hybridized carbons (Fsp3) is 0.615. The van der Waals surface area contributed by atoms with Crippen LogP contribution in [-0.2, 0) is 7.05 Å². The second kappa shape index (κ2) is 5.72. The predicted octanol–water partition coefficient (Wildman–Crippen LogP) is -0.297.